The van der Waals surface area contributed by atoms with Gasteiger partial charge in [-0.15, -0.1) is 0 Å². The number of anilines is 1. The molecule has 0 saturated carbocycles. The molecule has 1 aliphatic rings. The van der Waals surface area contributed by atoms with Crippen molar-refractivity contribution in [1.82, 2.24) is 9.88 Å². The summed E-state index contributed by atoms with van der Waals surface area (Å²) in [6.45, 7) is 4.70. The molecule has 0 unspecified atom stereocenters. The minimum atomic E-state index is -0.734. The van der Waals surface area contributed by atoms with Gasteiger partial charge in [0, 0.05) is 18.4 Å². The molecule has 1 saturated heterocycles. The van der Waals surface area contributed by atoms with E-state index in [2.05, 4.69) is 5.32 Å². The first-order valence-electron chi connectivity index (χ1n) is 8.20. The van der Waals surface area contributed by atoms with Gasteiger partial charge in [0.25, 0.3) is 11.8 Å². The van der Waals surface area contributed by atoms with E-state index in [1.165, 1.54) is 6.08 Å². The second-order valence-corrected chi connectivity index (χ2v) is 5.70. The van der Waals surface area contributed by atoms with Crippen molar-refractivity contribution in [3.05, 3.63) is 59.4 Å². The molecule has 0 bridgehead atoms. The number of nitrogens with one attached hydrogen (secondary N) is 1. The smallest absolute Gasteiger partial charge is 0.335 e. The fraction of sp³-hybridized carbons (Fsp3) is 0.211. The SMILES string of the molecule is CCc1ccc(N2C(=O)NC(=O)/C(=C\c3cccn3CC)C2=O)cc1. The molecule has 0 aliphatic carbocycles. The summed E-state index contributed by atoms with van der Waals surface area (Å²) in [5.74, 6) is -1.30. The summed E-state index contributed by atoms with van der Waals surface area (Å²) in [7, 11) is 0. The minimum absolute atomic E-state index is 0.0624. The number of amides is 4. The lowest BCUT2D eigenvalue weighted by molar-refractivity contribution is -0.122. The van der Waals surface area contributed by atoms with Gasteiger partial charge in [0.05, 0.1) is 5.69 Å². The molecule has 1 aromatic carbocycles. The first kappa shape index (κ1) is 16.7. The Bertz CT molecular complexity index is 862. The van der Waals surface area contributed by atoms with Gasteiger partial charge in [-0.05, 0) is 49.2 Å². The lowest BCUT2D eigenvalue weighted by Crippen LogP contribution is -2.54. The number of aromatic nitrogens is 1. The Labute approximate surface area is 145 Å². The van der Waals surface area contributed by atoms with E-state index in [1.54, 1.807) is 12.1 Å². The van der Waals surface area contributed by atoms with Crippen molar-refractivity contribution in [2.24, 2.45) is 0 Å². The lowest BCUT2D eigenvalue weighted by atomic mass is 10.1. The predicted molar refractivity (Wildman–Crippen MR) is 94.9 cm³/mol. The fourth-order valence-electron chi connectivity index (χ4n) is 2.77. The molecule has 1 aromatic heterocycles. The molecule has 1 fully saturated rings. The van der Waals surface area contributed by atoms with Crippen molar-refractivity contribution in [2.45, 2.75) is 26.8 Å². The summed E-state index contributed by atoms with van der Waals surface area (Å²) in [6, 6.07) is 10.1. The van der Waals surface area contributed by atoms with Crippen molar-refractivity contribution >= 4 is 29.6 Å². The molecule has 4 amide bonds. The summed E-state index contributed by atoms with van der Waals surface area (Å²) in [4.78, 5) is 38.1. The quantitative estimate of drug-likeness (QED) is 0.689. The van der Waals surface area contributed by atoms with Crippen LogP contribution in [-0.2, 0) is 22.6 Å². The van der Waals surface area contributed by atoms with Gasteiger partial charge in [0.1, 0.15) is 5.57 Å². The predicted octanol–water partition coefficient (Wildman–Crippen LogP) is 2.74. The fourth-order valence-corrected chi connectivity index (χ4v) is 2.77. The number of barbiturate groups is 1. The number of urea groups is 1. The molecule has 25 heavy (non-hydrogen) atoms. The summed E-state index contributed by atoms with van der Waals surface area (Å²) >= 11 is 0. The molecule has 2 heterocycles. The van der Waals surface area contributed by atoms with E-state index >= 15 is 0 Å². The van der Waals surface area contributed by atoms with Gasteiger partial charge in [0.15, 0.2) is 0 Å². The van der Waals surface area contributed by atoms with E-state index in [4.69, 9.17) is 0 Å². The van der Waals surface area contributed by atoms with Crippen LogP contribution in [0.15, 0.2) is 48.2 Å². The Hall–Kier alpha value is -3.15. The van der Waals surface area contributed by atoms with Crippen LogP contribution in [0, 0.1) is 0 Å². The maximum Gasteiger partial charge on any atom is 0.335 e. The number of hydrogen-bond acceptors (Lipinski definition) is 3. The third-order valence-corrected chi connectivity index (χ3v) is 4.20. The van der Waals surface area contributed by atoms with Crippen LogP contribution < -0.4 is 10.2 Å². The molecule has 0 atom stereocenters. The zero-order valence-corrected chi connectivity index (χ0v) is 14.2. The van der Waals surface area contributed by atoms with Crippen LogP contribution in [0.3, 0.4) is 0 Å². The standard InChI is InChI=1S/C19H19N3O3/c1-3-13-7-9-14(10-8-13)22-18(24)16(17(23)20-19(22)25)12-15-6-5-11-21(15)4-2/h5-12H,3-4H2,1-2H3,(H,20,23,25)/b16-12+. The van der Waals surface area contributed by atoms with Crippen LogP contribution in [0.1, 0.15) is 25.1 Å². The largest absolute Gasteiger partial charge is 0.348 e. The molecular formula is C19H19N3O3. The number of carbonyl (C=O) groups excluding carboxylic acids is 3. The zero-order chi connectivity index (χ0) is 18.0. The first-order valence-corrected chi connectivity index (χ1v) is 8.20. The number of benzene rings is 1. The maximum atomic E-state index is 12.8. The van der Waals surface area contributed by atoms with Gasteiger partial charge < -0.3 is 4.57 Å². The van der Waals surface area contributed by atoms with Crippen LogP contribution in [0.4, 0.5) is 10.5 Å². The van der Waals surface area contributed by atoms with E-state index in [-0.39, 0.29) is 5.57 Å². The highest BCUT2D eigenvalue weighted by Gasteiger charge is 2.36. The number of aryl methyl sites for hydroxylation is 2. The lowest BCUT2D eigenvalue weighted by Gasteiger charge is -2.26. The molecule has 6 nitrogen and oxygen atoms in total. The number of hydrogen-bond donors (Lipinski definition) is 1. The molecule has 1 aliphatic heterocycles. The third-order valence-electron chi connectivity index (χ3n) is 4.20. The average Bonchev–Trinajstić information content (AvgIpc) is 3.06. The Kier molecular flexibility index (Phi) is 4.52. The highest BCUT2D eigenvalue weighted by atomic mass is 16.2. The van der Waals surface area contributed by atoms with Gasteiger partial charge in [-0.1, -0.05) is 19.1 Å². The second-order valence-electron chi connectivity index (χ2n) is 5.70. The van der Waals surface area contributed by atoms with Crippen LogP contribution in [0.25, 0.3) is 6.08 Å². The zero-order valence-electron chi connectivity index (χ0n) is 14.2. The topological polar surface area (TPSA) is 71.4 Å². The average molecular weight is 337 g/mol. The van der Waals surface area contributed by atoms with Gasteiger partial charge >= 0.3 is 6.03 Å². The second kappa shape index (κ2) is 6.76. The first-order chi connectivity index (χ1) is 12.0. The minimum Gasteiger partial charge on any atom is -0.348 e. The maximum absolute atomic E-state index is 12.8. The summed E-state index contributed by atoms with van der Waals surface area (Å²) in [6.07, 6.45) is 4.24. The summed E-state index contributed by atoms with van der Waals surface area (Å²) in [5, 5.41) is 2.24. The van der Waals surface area contributed by atoms with Crippen LogP contribution in [0.2, 0.25) is 0 Å². The van der Waals surface area contributed by atoms with Gasteiger partial charge in [-0.2, -0.15) is 0 Å². The number of nitrogens with zero attached hydrogens (tertiary/aromatic N) is 2. The molecule has 6 heteroatoms. The number of imide groups is 2. The highest BCUT2D eigenvalue weighted by Crippen LogP contribution is 2.22. The van der Waals surface area contributed by atoms with Crippen molar-refractivity contribution in [3.8, 4) is 0 Å². The van der Waals surface area contributed by atoms with E-state index in [0.717, 1.165) is 22.6 Å². The Morgan fingerprint density at radius 2 is 1.76 bits per heavy atom. The highest BCUT2D eigenvalue weighted by molar-refractivity contribution is 6.39. The van der Waals surface area contributed by atoms with Crippen LogP contribution in [0.5, 0.6) is 0 Å². The molecule has 128 valence electrons. The monoisotopic (exact) mass is 337 g/mol. The van der Waals surface area contributed by atoms with Crippen molar-refractivity contribution in [3.63, 3.8) is 0 Å². The Morgan fingerprint density at radius 1 is 1.04 bits per heavy atom. The van der Waals surface area contributed by atoms with E-state index in [1.807, 2.05) is 48.9 Å². The number of carbonyl (C=O) groups is 3. The van der Waals surface area contributed by atoms with E-state index < -0.39 is 17.8 Å². The molecular weight excluding hydrogens is 318 g/mol. The summed E-state index contributed by atoms with van der Waals surface area (Å²) in [5.41, 5.74) is 2.20. The molecule has 0 radical (unpaired) electrons. The van der Waals surface area contributed by atoms with E-state index in [0.29, 0.717) is 12.2 Å². The summed E-state index contributed by atoms with van der Waals surface area (Å²) < 4.78 is 1.91. The van der Waals surface area contributed by atoms with Gasteiger partial charge in [-0.25, -0.2) is 9.69 Å². The Balaban J connectivity index is 1.99. The van der Waals surface area contributed by atoms with Gasteiger partial charge in [0.2, 0.25) is 0 Å². The van der Waals surface area contributed by atoms with Crippen molar-refractivity contribution in [2.75, 3.05) is 4.90 Å². The molecule has 1 N–H and O–H groups in total. The van der Waals surface area contributed by atoms with Crippen LogP contribution >= 0.6 is 0 Å². The van der Waals surface area contributed by atoms with Crippen molar-refractivity contribution in [1.29, 1.82) is 0 Å². The molecule has 2 aromatic rings. The molecule has 0 spiro atoms. The third kappa shape index (κ3) is 3.10. The van der Waals surface area contributed by atoms with E-state index in [9.17, 15) is 14.4 Å². The van der Waals surface area contributed by atoms with Crippen LogP contribution in [-0.4, -0.2) is 22.4 Å². The van der Waals surface area contributed by atoms with Crippen molar-refractivity contribution < 1.29 is 14.4 Å². The Morgan fingerprint density at radius 3 is 2.40 bits per heavy atom. The molecule has 3 rings (SSSR count). The van der Waals surface area contributed by atoms with Gasteiger partial charge in [-0.3, -0.25) is 14.9 Å². The number of rotatable bonds is 4. The normalized spacial score (nSPS) is 16.5.